The SMILES string of the molecule is Clc1cccc(Oc2ccc(-c3cnc(COc4ccccc4)[nH]3)cc2)c1. The molecule has 0 unspecified atom stereocenters. The van der Waals surface area contributed by atoms with Gasteiger partial charge in [-0.25, -0.2) is 4.98 Å². The van der Waals surface area contributed by atoms with Gasteiger partial charge in [0.15, 0.2) is 0 Å². The van der Waals surface area contributed by atoms with Crippen LogP contribution in [0.3, 0.4) is 0 Å². The lowest BCUT2D eigenvalue weighted by molar-refractivity contribution is 0.297. The van der Waals surface area contributed by atoms with Crippen LogP contribution in [0.25, 0.3) is 11.3 Å². The molecule has 0 amide bonds. The van der Waals surface area contributed by atoms with Gasteiger partial charge in [-0.2, -0.15) is 0 Å². The fourth-order valence-electron chi connectivity index (χ4n) is 2.62. The Bertz CT molecular complexity index is 1010. The largest absolute Gasteiger partial charge is 0.486 e. The molecule has 4 aromatic rings. The van der Waals surface area contributed by atoms with E-state index in [0.717, 1.165) is 28.6 Å². The number of hydrogen-bond acceptors (Lipinski definition) is 3. The first-order valence-electron chi connectivity index (χ1n) is 8.52. The first-order valence-corrected chi connectivity index (χ1v) is 8.90. The van der Waals surface area contributed by atoms with Crippen LogP contribution in [0.4, 0.5) is 0 Å². The van der Waals surface area contributed by atoms with Crippen molar-refractivity contribution in [3.8, 4) is 28.5 Å². The molecule has 0 aliphatic rings. The molecular weight excluding hydrogens is 360 g/mol. The molecule has 0 aliphatic heterocycles. The lowest BCUT2D eigenvalue weighted by Crippen LogP contribution is -1.97. The van der Waals surface area contributed by atoms with E-state index in [9.17, 15) is 0 Å². The minimum Gasteiger partial charge on any atom is -0.486 e. The van der Waals surface area contributed by atoms with Gasteiger partial charge >= 0.3 is 0 Å². The maximum absolute atomic E-state index is 5.98. The van der Waals surface area contributed by atoms with E-state index in [-0.39, 0.29) is 0 Å². The van der Waals surface area contributed by atoms with Crippen LogP contribution < -0.4 is 9.47 Å². The normalized spacial score (nSPS) is 10.6. The van der Waals surface area contributed by atoms with E-state index >= 15 is 0 Å². The van der Waals surface area contributed by atoms with Crippen molar-refractivity contribution in [1.29, 1.82) is 0 Å². The van der Waals surface area contributed by atoms with Gasteiger partial charge in [-0.15, -0.1) is 0 Å². The highest BCUT2D eigenvalue weighted by Gasteiger charge is 2.05. The second-order valence-electron chi connectivity index (χ2n) is 5.93. The van der Waals surface area contributed by atoms with Gasteiger partial charge in [0.1, 0.15) is 29.7 Å². The van der Waals surface area contributed by atoms with Gasteiger partial charge in [0, 0.05) is 5.02 Å². The van der Waals surface area contributed by atoms with Crippen molar-refractivity contribution in [3.63, 3.8) is 0 Å². The lowest BCUT2D eigenvalue weighted by atomic mass is 10.1. The third-order valence-corrected chi connectivity index (χ3v) is 4.18. The molecule has 5 heteroatoms. The summed E-state index contributed by atoms with van der Waals surface area (Å²) in [5.41, 5.74) is 1.95. The first kappa shape index (κ1) is 17.2. The van der Waals surface area contributed by atoms with E-state index in [2.05, 4.69) is 9.97 Å². The highest BCUT2D eigenvalue weighted by Crippen LogP contribution is 2.26. The summed E-state index contributed by atoms with van der Waals surface area (Å²) < 4.78 is 11.5. The van der Waals surface area contributed by atoms with Crippen LogP contribution in [0.2, 0.25) is 5.02 Å². The number of rotatable bonds is 6. The summed E-state index contributed by atoms with van der Waals surface area (Å²) in [6, 6.07) is 24.8. The molecule has 0 atom stereocenters. The van der Waals surface area contributed by atoms with Gasteiger partial charge in [-0.3, -0.25) is 0 Å². The maximum atomic E-state index is 5.98. The molecule has 0 bridgehead atoms. The summed E-state index contributed by atoms with van der Waals surface area (Å²) in [7, 11) is 0. The zero-order valence-corrected chi connectivity index (χ0v) is 15.2. The van der Waals surface area contributed by atoms with Crippen molar-refractivity contribution >= 4 is 11.6 Å². The predicted molar refractivity (Wildman–Crippen MR) is 106 cm³/mol. The van der Waals surface area contributed by atoms with E-state index in [1.807, 2.05) is 72.8 Å². The minimum atomic E-state index is 0.389. The Kier molecular flexibility index (Phi) is 5.08. The zero-order chi connectivity index (χ0) is 18.5. The number of halogens is 1. The van der Waals surface area contributed by atoms with Crippen molar-refractivity contribution in [1.82, 2.24) is 9.97 Å². The summed E-state index contributed by atoms with van der Waals surface area (Å²) in [6.45, 7) is 0.389. The number of aromatic amines is 1. The molecule has 1 aromatic heterocycles. The van der Waals surface area contributed by atoms with Crippen LogP contribution in [0, 0.1) is 0 Å². The van der Waals surface area contributed by atoms with Crippen molar-refractivity contribution in [2.75, 3.05) is 0 Å². The Balaban J connectivity index is 1.41. The van der Waals surface area contributed by atoms with Crippen molar-refractivity contribution in [2.45, 2.75) is 6.61 Å². The topological polar surface area (TPSA) is 47.1 Å². The summed E-state index contributed by atoms with van der Waals surface area (Å²) in [5, 5.41) is 0.645. The van der Waals surface area contributed by atoms with Crippen LogP contribution >= 0.6 is 11.6 Å². The van der Waals surface area contributed by atoms with Crippen molar-refractivity contribution in [2.24, 2.45) is 0 Å². The molecule has 134 valence electrons. The minimum absolute atomic E-state index is 0.389. The van der Waals surface area contributed by atoms with Gasteiger partial charge in [0.05, 0.1) is 11.9 Å². The Morgan fingerprint density at radius 1 is 0.815 bits per heavy atom. The molecule has 4 rings (SSSR count). The highest BCUT2D eigenvalue weighted by molar-refractivity contribution is 6.30. The number of nitrogens with zero attached hydrogens (tertiary/aromatic N) is 1. The van der Waals surface area contributed by atoms with Crippen LogP contribution in [-0.4, -0.2) is 9.97 Å². The molecule has 1 heterocycles. The molecule has 4 nitrogen and oxygen atoms in total. The Hall–Kier alpha value is -3.24. The average molecular weight is 377 g/mol. The number of ether oxygens (including phenoxy) is 2. The van der Waals surface area contributed by atoms with Crippen LogP contribution in [0.15, 0.2) is 85.1 Å². The number of nitrogens with one attached hydrogen (secondary N) is 1. The Morgan fingerprint density at radius 2 is 1.59 bits per heavy atom. The summed E-state index contributed by atoms with van der Waals surface area (Å²) >= 11 is 5.98. The van der Waals surface area contributed by atoms with E-state index in [4.69, 9.17) is 21.1 Å². The summed E-state index contributed by atoms with van der Waals surface area (Å²) in [4.78, 5) is 7.66. The Morgan fingerprint density at radius 3 is 2.37 bits per heavy atom. The third kappa shape index (κ3) is 4.49. The second-order valence-corrected chi connectivity index (χ2v) is 6.37. The monoisotopic (exact) mass is 376 g/mol. The van der Waals surface area contributed by atoms with E-state index in [1.54, 1.807) is 12.3 Å². The maximum Gasteiger partial charge on any atom is 0.146 e. The molecule has 1 N–H and O–H groups in total. The van der Waals surface area contributed by atoms with Crippen molar-refractivity contribution < 1.29 is 9.47 Å². The molecule has 0 radical (unpaired) electrons. The van der Waals surface area contributed by atoms with Gasteiger partial charge in [0.25, 0.3) is 0 Å². The van der Waals surface area contributed by atoms with Crippen molar-refractivity contribution in [3.05, 3.63) is 95.9 Å². The number of para-hydroxylation sites is 1. The second kappa shape index (κ2) is 7.98. The summed E-state index contributed by atoms with van der Waals surface area (Å²) in [6.07, 6.45) is 1.80. The predicted octanol–water partition coefficient (Wildman–Crippen LogP) is 6.10. The molecular formula is C22H17ClN2O2. The smallest absolute Gasteiger partial charge is 0.146 e. The number of H-pyrrole nitrogens is 1. The number of imidazole rings is 1. The van der Waals surface area contributed by atoms with E-state index < -0.39 is 0 Å². The quantitative estimate of drug-likeness (QED) is 0.442. The number of aromatic nitrogens is 2. The average Bonchev–Trinajstić information content (AvgIpc) is 3.17. The lowest BCUT2D eigenvalue weighted by Gasteiger charge is -2.06. The number of benzene rings is 3. The molecule has 0 saturated heterocycles. The fraction of sp³-hybridized carbons (Fsp3) is 0.0455. The van der Waals surface area contributed by atoms with E-state index in [0.29, 0.717) is 17.4 Å². The van der Waals surface area contributed by atoms with Gasteiger partial charge < -0.3 is 14.5 Å². The van der Waals surface area contributed by atoms with Gasteiger partial charge in [-0.1, -0.05) is 35.9 Å². The molecule has 0 saturated carbocycles. The third-order valence-electron chi connectivity index (χ3n) is 3.94. The molecule has 0 spiro atoms. The summed E-state index contributed by atoms with van der Waals surface area (Å²) in [5.74, 6) is 3.04. The molecule has 0 aliphatic carbocycles. The molecule has 3 aromatic carbocycles. The van der Waals surface area contributed by atoms with Crippen LogP contribution in [0.5, 0.6) is 17.2 Å². The fourth-order valence-corrected chi connectivity index (χ4v) is 2.80. The Labute approximate surface area is 162 Å². The first-order chi connectivity index (χ1) is 13.3. The van der Waals surface area contributed by atoms with Gasteiger partial charge in [-0.05, 0) is 60.2 Å². The standard InChI is InChI=1S/C22H17ClN2O2/c23-17-5-4-8-20(13-17)27-19-11-9-16(10-12-19)21-14-24-22(25-21)15-26-18-6-2-1-3-7-18/h1-14H,15H2,(H,24,25). The highest BCUT2D eigenvalue weighted by atomic mass is 35.5. The van der Waals surface area contributed by atoms with E-state index in [1.165, 1.54) is 0 Å². The molecule has 0 fully saturated rings. The molecule has 27 heavy (non-hydrogen) atoms. The van der Waals surface area contributed by atoms with Gasteiger partial charge in [0.2, 0.25) is 0 Å². The zero-order valence-electron chi connectivity index (χ0n) is 14.4. The number of hydrogen-bond donors (Lipinski definition) is 1. The van der Waals surface area contributed by atoms with Crippen LogP contribution in [0.1, 0.15) is 5.82 Å². The van der Waals surface area contributed by atoms with Crippen LogP contribution in [-0.2, 0) is 6.61 Å².